The first-order valence-electron chi connectivity index (χ1n) is 7.83. The van der Waals surface area contributed by atoms with E-state index in [4.69, 9.17) is 25.5 Å². The van der Waals surface area contributed by atoms with Crippen molar-refractivity contribution in [2.45, 2.75) is 24.4 Å². The van der Waals surface area contributed by atoms with Gasteiger partial charge in [0.1, 0.15) is 24.4 Å². The molecule has 0 bridgehead atoms. The molecule has 1 aromatic rings. The SMILES string of the molecule is O=C1C=c2ccc3c(c2NC1=O)C=CN=3.O=C[C@H](O)[C@@H](O)[C@H](O)[C@H](O)CO. The van der Waals surface area contributed by atoms with Crippen LogP contribution in [-0.2, 0) is 14.4 Å². The van der Waals surface area contributed by atoms with E-state index in [1.807, 2.05) is 12.1 Å². The highest BCUT2D eigenvalue weighted by Gasteiger charge is 2.29. The zero-order chi connectivity index (χ0) is 20.1. The number of ketones is 1. The maximum atomic E-state index is 11.2. The number of amides is 1. The van der Waals surface area contributed by atoms with Gasteiger partial charge >= 0.3 is 0 Å². The lowest BCUT2D eigenvalue weighted by molar-refractivity contribution is -0.136. The number of carbonyl (C=O) groups is 3. The number of anilines is 1. The average molecular weight is 378 g/mol. The minimum absolute atomic E-state index is 0.0258. The average Bonchev–Trinajstić information content (AvgIpc) is 3.16. The molecule has 2 heterocycles. The van der Waals surface area contributed by atoms with Crippen molar-refractivity contribution in [1.29, 1.82) is 0 Å². The number of aliphatic hydroxyl groups excluding tert-OH is 5. The van der Waals surface area contributed by atoms with Crippen molar-refractivity contribution in [2.75, 3.05) is 11.9 Å². The summed E-state index contributed by atoms with van der Waals surface area (Å²) in [5.41, 5.74) is 1.54. The van der Waals surface area contributed by atoms with Gasteiger partial charge in [0.05, 0.1) is 17.7 Å². The summed E-state index contributed by atoms with van der Waals surface area (Å²) < 4.78 is 0. The number of carbonyl (C=O) groups excluding carboxylic acids is 3. The number of nitrogens with one attached hydrogen (secondary N) is 1. The van der Waals surface area contributed by atoms with Crippen LogP contribution in [0.15, 0.2) is 23.3 Å². The normalized spacial score (nSPS) is 18.4. The highest BCUT2D eigenvalue weighted by atomic mass is 16.4. The van der Waals surface area contributed by atoms with Crippen LogP contribution in [0.1, 0.15) is 5.56 Å². The second-order valence-electron chi connectivity index (χ2n) is 5.73. The maximum Gasteiger partial charge on any atom is 0.296 e. The molecule has 0 saturated carbocycles. The van der Waals surface area contributed by atoms with E-state index in [-0.39, 0.29) is 6.29 Å². The molecule has 0 fully saturated rings. The molecule has 0 saturated heterocycles. The van der Waals surface area contributed by atoms with E-state index in [1.165, 1.54) is 6.08 Å². The van der Waals surface area contributed by atoms with Crippen molar-refractivity contribution in [1.82, 2.24) is 0 Å². The van der Waals surface area contributed by atoms with Gasteiger partial charge in [0.15, 0.2) is 6.29 Å². The number of hydrogen-bond acceptors (Lipinski definition) is 9. The Balaban J connectivity index is 0.000000201. The smallest absolute Gasteiger partial charge is 0.296 e. The molecule has 10 nitrogen and oxygen atoms in total. The Bertz CT molecular complexity index is 895. The Labute approximate surface area is 152 Å². The Morgan fingerprint density at radius 1 is 1.11 bits per heavy atom. The van der Waals surface area contributed by atoms with Crippen LogP contribution < -0.4 is 15.9 Å². The van der Waals surface area contributed by atoms with Crippen LogP contribution in [0.4, 0.5) is 5.69 Å². The van der Waals surface area contributed by atoms with Gasteiger partial charge in [-0.05, 0) is 12.1 Å². The highest BCUT2D eigenvalue weighted by Crippen LogP contribution is 2.13. The van der Waals surface area contributed by atoms with Crippen LogP contribution in [-0.4, -0.2) is 74.5 Å². The lowest BCUT2D eigenvalue weighted by Gasteiger charge is -2.22. The Kier molecular flexibility index (Phi) is 6.66. The van der Waals surface area contributed by atoms with Gasteiger partial charge in [-0.2, -0.15) is 0 Å². The quantitative estimate of drug-likeness (QED) is 0.223. The van der Waals surface area contributed by atoms with E-state index in [2.05, 4.69) is 10.3 Å². The van der Waals surface area contributed by atoms with Gasteiger partial charge in [0.25, 0.3) is 5.91 Å². The summed E-state index contributed by atoms with van der Waals surface area (Å²) in [4.78, 5) is 36.4. The molecule has 2 aliphatic rings. The predicted molar refractivity (Wildman–Crippen MR) is 91.5 cm³/mol. The van der Waals surface area contributed by atoms with Crippen molar-refractivity contribution in [3.05, 3.63) is 34.5 Å². The van der Waals surface area contributed by atoms with E-state index >= 15 is 0 Å². The van der Waals surface area contributed by atoms with E-state index in [0.717, 1.165) is 16.1 Å². The summed E-state index contributed by atoms with van der Waals surface area (Å²) in [5, 5.41) is 47.7. The standard InChI is InChI=1S/C11H6N2O2.C6H12O6/c14-9-5-6-1-2-8-7(3-4-12-8)10(6)13-11(9)15;7-1-3(9)5(11)6(12)4(10)2-8/h1-5H,(H,13,15);1,3-6,8-12H,2H2/t;3-,4+,5+,6+/m.0/s1. The molecule has 3 rings (SSSR count). The van der Waals surface area contributed by atoms with Gasteiger partial charge in [-0.3, -0.25) is 14.6 Å². The van der Waals surface area contributed by atoms with Gasteiger partial charge in [0.2, 0.25) is 5.78 Å². The molecule has 4 atom stereocenters. The molecule has 0 spiro atoms. The lowest BCUT2D eigenvalue weighted by Crippen LogP contribution is -2.46. The first-order chi connectivity index (χ1) is 12.8. The largest absolute Gasteiger partial charge is 0.394 e. The van der Waals surface area contributed by atoms with E-state index in [9.17, 15) is 14.4 Å². The first-order valence-corrected chi connectivity index (χ1v) is 7.83. The van der Waals surface area contributed by atoms with Gasteiger partial charge in [-0.1, -0.05) is 6.07 Å². The third-order valence-corrected chi connectivity index (χ3v) is 3.88. The third kappa shape index (κ3) is 4.51. The molecule has 0 unspecified atom stereocenters. The fourth-order valence-corrected chi connectivity index (χ4v) is 2.36. The summed E-state index contributed by atoms with van der Waals surface area (Å²) >= 11 is 0. The molecule has 0 aliphatic carbocycles. The van der Waals surface area contributed by atoms with Crippen LogP contribution in [0.2, 0.25) is 0 Å². The fourth-order valence-electron chi connectivity index (χ4n) is 2.36. The van der Waals surface area contributed by atoms with Crippen molar-refractivity contribution in [3.63, 3.8) is 0 Å². The lowest BCUT2D eigenvalue weighted by atomic mass is 10.0. The summed E-state index contributed by atoms with van der Waals surface area (Å²) in [7, 11) is 0. The number of Topliss-reactive ketones (excluding diaryl/α,β-unsaturated/α-hetero) is 1. The molecule has 10 heteroatoms. The molecule has 1 aromatic carbocycles. The maximum absolute atomic E-state index is 11.2. The second-order valence-corrected chi connectivity index (χ2v) is 5.73. The first kappa shape index (κ1) is 20.6. The Morgan fingerprint density at radius 3 is 2.44 bits per heavy atom. The Hall–Kier alpha value is -2.76. The third-order valence-electron chi connectivity index (χ3n) is 3.88. The number of benzene rings is 1. The number of nitrogens with zero attached hydrogens (tertiary/aromatic N) is 1. The van der Waals surface area contributed by atoms with Crippen molar-refractivity contribution < 1.29 is 39.9 Å². The van der Waals surface area contributed by atoms with Crippen molar-refractivity contribution >= 4 is 35.8 Å². The van der Waals surface area contributed by atoms with Gasteiger partial charge in [-0.15, -0.1) is 0 Å². The summed E-state index contributed by atoms with van der Waals surface area (Å²) in [6.07, 6.45) is -2.00. The van der Waals surface area contributed by atoms with Crippen LogP contribution in [0.5, 0.6) is 0 Å². The summed E-state index contributed by atoms with van der Waals surface area (Å²) in [6.45, 7) is -0.760. The highest BCUT2D eigenvalue weighted by molar-refractivity contribution is 6.52. The molecule has 0 aromatic heterocycles. The number of hydrogen-bond donors (Lipinski definition) is 6. The van der Waals surface area contributed by atoms with Gasteiger partial charge in [0, 0.05) is 23.1 Å². The zero-order valence-electron chi connectivity index (χ0n) is 13.9. The minimum Gasteiger partial charge on any atom is -0.394 e. The molecular weight excluding hydrogens is 360 g/mol. The molecule has 27 heavy (non-hydrogen) atoms. The van der Waals surface area contributed by atoms with E-state index in [0.29, 0.717) is 5.69 Å². The second kappa shape index (κ2) is 8.75. The predicted octanol–water partition coefficient (Wildman–Crippen LogP) is -3.79. The molecule has 6 N–H and O–H groups in total. The van der Waals surface area contributed by atoms with Gasteiger partial charge < -0.3 is 35.6 Å². The Morgan fingerprint density at radius 2 is 1.81 bits per heavy atom. The summed E-state index contributed by atoms with van der Waals surface area (Å²) in [5.74, 6) is -1.10. The number of aliphatic hydroxyl groups is 5. The number of rotatable bonds is 5. The van der Waals surface area contributed by atoms with Crippen LogP contribution in [0, 0.1) is 0 Å². The number of fused-ring (bicyclic) bond motifs is 3. The van der Waals surface area contributed by atoms with E-state index in [1.54, 1.807) is 12.3 Å². The van der Waals surface area contributed by atoms with Crippen LogP contribution in [0.25, 0.3) is 12.2 Å². The minimum atomic E-state index is -1.79. The monoisotopic (exact) mass is 378 g/mol. The van der Waals surface area contributed by atoms with Crippen molar-refractivity contribution in [2.24, 2.45) is 4.99 Å². The zero-order valence-corrected chi connectivity index (χ0v) is 13.9. The molecular formula is C17H18N2O8. The van der Waals surface area contributed by atoms with Crippen molar-refractivity contribution in [3.8, 4) is 0 Å². The molecule has 0 radical (unpaired) electrons. The van der Waals surface area contributed by atoms with Crippen LogP contribution in [0.3, 0.4) is 0 Å². The topological polar surface area (TPSA) is 177 Å². The summed E-state index contributed by atoms with van der Waals surface area (Å²) in [6, 6.07) is 3.61. The fraction of sp³-hybridized carbons (Fsp3) is 0.294. The number of aldehydes is 1. The molecule has 144 valence electrons. The van der Waals surface area contributed by atoms with Gasteiger partial charge in [-0.25, -0.2) is 0 Å². The van der Waals surface area contributed by atoms with Crippen LogP contribution >= 0.6 is 0 Å². The molecule has 2 aliphatic heterocycles. The molecule has 1 amide bonds. The van der Waals surface area contributed by atoms with E-state index < -0.39 is 42.7 Å².